The van der Waals surface area contributed by atoms with Crippen LogP contribution in [0.1, 0.15) is 27.7 Å². The minimum absolute atomic E-state index is 0.0894. The van der Waals surface area contributed by atoms with E-state index in [9.17, 15) is 4.79 Å². The van der Waals surface area contributed by atoms with E-state index in [4.69, 9.17) is 4.74 Å². The highest BCUT2D eigenvalue weighted by Crippen LogP contribution is 2.29. The smallest absolute Gasteiger partial charge is 0.245 e. The molecule has 0 radical (unpaired) electrons. The van der Waals surface area contributed by atoms with Gasteiger partial charge in [0.05, 0.1) is 22.4 Å². The van der Waals surface area contributed by atoms with E-state index in [1.165, 1.54) is 11.3 Å². The zero-order valence-corrected chi connectivity index (χ0v) is 13.6. The fraction of sp³-hybridized carbons (Fsp3) is 0.467. The molecule has 0 unspecified atom stereocenters. The molecule has 0 saturated heterocycles. The van der Waals surface area contributed by atoms with Crippen molar-refractivity contribution in [1.82, 2.24) is 10.3 Å². The highest BCUT2D eigenvalue weighted by molar-refractivity contribution is 7.22. The third-order valence-electron chi connectivity index (χ3n) is 3.08. The number of nitrogens with one attached hydrogen (secondary N) is 2. The zero-order valence-electron chi connectivity index (χ0n) is 12.8. The van der Waals surface area contributed by atoms with Gasteiger partial charge in [-0.2, -0.15) is 0 Å². The summed E-state index contributed by atoms with van der Waals surface area (Å²) in [6.07, 6.45) is 0. The molecule has 0 fully saturated rings. The number of hydrogen-bond acceptors (Lipinski definition) is 5. The zero-order chi connectivity index (χ0) is 15.5. The number of benzene rings is 1. The predicted molar refractivity (Wildman–Crippen MR) is 87.2 cm³/mol. The normalized spacial score (nSPS) is 11.6. The van der Waals surface area contributed by atoms with Gasteiger partial charge in [0, 0.05) is 0 Å². The SMILES string of the molecule is CCNC(C)(C)C(=O)Nc1nc2ccc(OCC)cc2s1. The summed E-state index contributed by atoms with van der Waals surface area (Å²) in [6, 6.07) is 5.74. The fourth-order valence-electron chi connectivity index (χ4n) is 1.99. The van der Waals surface area contributed by atoms with Gasteiger partial charge in [-0.3, -0.25) is 4.79 Å². The summed E-state index contributed by atoms with van der Waals surface area (Å²) in [5, 5.41) is 6.63. The number of likely N-dealkylation sites (N-methyl/N-ethyl adjacent to an activating group) is 1. The lowest BCUT2D eigenvalue weighted by Crippen LogP contribution is -2.49. The van der Waals surface area contributed by atoms with E-state index in [2.05, 4.69) is 15.6 Å². The van der Waals surface area contributed by atoms with Crippen LogP contribution in [0.4, 0.5) is 5.13 Å². The number of anilines is 1. The van der Waals surface area contributed by atoms with Gasteiger partial charge >= 0.3 is 0 Å². The molecule has 1 aromatic heterocycles. The Balaban J connectivity index is 2.17. The molecule has 0 aliphatic heterocycles. The van der Waals surface area contributed by atoms with Gasteiger partial charge in [-0.25, -0.2) is 4.98 Å². The second-order valence-electron chi connectivity index (χ2n) is 5.19. The number of amides is 1. The molecular weight excluding hydrogens is 286 g/mol. The van der Waals surface area contributed by atoms with Gasteiger partial charge in [0.15, 0.2) is 5.13 Å². The van der Waals surface area contributed by atoms with E-state index in [0.29, 0.717) is 11.7 Å². The van der Waals surface area contributed by atoms with Crippen LogP contribution in [-0.2, 0) is 4.79 Å². The van der Waals surface area contributed by atoms with Crippen molar-refractivity contribution in [2.45, 2.75) is 33.2 Å². The monoisotopic (exact) mass is 307 g/mol. The van der Waals surface area contributed by atoms with Crippen LogP contribution in [-0.4, -0.2) is 29.6 Å². The first-order valence-electron chi connectivity index (χ1n) is 7.06. The lowest BCUT2D eigenvalue weighted by Gasteiger charge is -2.23. The molecule has 21 heavy (non-hydrogen) atoms. The first kappa shape index (κ1) is 15.7. The third kappa shape index (κ3) is 3.71. The molecule has 0 saturated carbocycles. The summed E-state index contributed by atoms with van der Waals surface area (Å²) in [7, 11) is 0. The Labute approximate surface area is 128 Å². The van der Waals surface area contributed by atoms with Gasteiger partial charge in [0.1, 0.15) is 5.75 Å². The standard InChI is InChI=1S/C15H21N3O2S/c1-5-16-15(3,4)13(19)18-14-17-11-8-7-10(20-6-2)9-12(11)21-14/h7-9,16H,5-6H2,1-4H3,(H,17,18,19). The summed E-state index contributed by atoms with van der Waals surface area (Å²) in [5.74, 6) is 0.730. The molecule has 6 heteroatoms. The minimum Gasteiger partial charge on any atom is -0.494 e. The number of rotatable bonds is 6. The number of carbonyl (C=O) groups is 1. The molecule has 0 bridgehead atoms. The van der Waals surface area contributed by atoms with Crippen LogP contribution >= 0.6 is 11.3 Å². The van der Waals surface area contributed by atoms with Crippen molar-refractivity contribution in [3.8, 4) is 5.75 Å². The Morgan fingerprint density at radius 3 is 2.81 bits per heavy atom. The highest BCUT2D eigenvalue weighted by Gasteiger charge is 2.26. The van der Waals surface area contributed by atoms with Crippen molar-refractivity contribution in [2.75, 3.05) is 18.5 Å². The first-order chi connectivity index (χ1) is 9.96. The molecule has 0 spiro atoms. The molecular formula is C15H21N3O2S. The van der Waals surface area contributed by atoms with E-state index in [1.54, 1.807) is 0 Å². The van der Waals surface area contributed by atoms with E-state index in [0.717, 1.165) is 22.5 Å². The van der Waals surface area contributed by atoms with E-state index < -0.39 is 5.54 Å². The molecule has 2 N–H and O–H groups in total. The molecule has 0 aliphatic carbocycles. The summed E-state index contributed by atoms with van der Waals surface area (Å²) >= 11 is 1.45. The number of hydrogen-bond donors (Lipinski definition) is 2. The van der Waals surface area contributed by atoms with Crippen molar-refractivity contribution >= 4 is 32.6 Å². The van der Waals surface area contributed by atoms with Crippen molar-refractivity contribution < 1.29 is 9.53 Å². The summed E-state index contributed by atoms with van der Waals surface area (Å²) in [4.78, 5) is 16.7. The highest BCUT2D eigenvalue weighted by atomic mass is 32.1. The van der Waals surface area contributed by atoms with Crippen molar-refractivity contribution in [3.63, 3.8) is 0 Å². The number of carbonyl (C=O) groups excluding carboxylic acids is 1. The molecule has 0 atom stereocenters. The molecule has 2 rings (SSSR count). The van der Waals surface area contributed by atoms with E-state index in [-0.39, 0.29) is 5.91 Å². The van der Waals surface area contributed by atoms with E-state index in [1.807, 2.05) is 45.9 Å². The Hall–Kier alpha value is -1.66. The number of fused-ring (bicyclic) bond motifs is 1. The lowest BCUT2D eigenvalue weighted by molar-refractivity contribution is -0.121. The lowest BCUT2D eigenvalue weighted by atomic mass is 10.1. The predicted octanol–water partition coefficient (Wildman–Crippen LogP) is 3.02. The van der Waals surface area contributed by atoms with Crippen LogP contribution < -0.4 is 15.4 Å². The van der Waals surface area contributed by atoms with Crippen molar-refractivity contribution in [2.24, 2.45) is 0 Å². The second-order valence-corrected chi connectivity index (χ2v) is 6.22. The number of thiazole rings is 1. The van der Waals surface area contributed by atoms with Gasteiger partial charge in [-0.05, 0) is 45.5 Å². The van der Waals surface area contributed by atoms with Gasteiger partial charge in [0.25, 0.3) is 0 Å². The van der Waals surface area contributed by atoms with E-state index >= 15 is 0 Å². The summed E-state index contributed by atoms with van der Waals surface area (Å²) in [6.45, 7) is 8.99. The summed E-state index contributed by atoms with van der Waals surface area (Å²) in [5.41, 5.74) is 0.239. The Morgan fingerprint density at radius 2 is 2.14 bits per heavy atom. The van der Waals surface area contributed by atoms with Gasteiger partial charge in [-0.1, -0.05) is 18.3 Å². The Kier molecular flexibility index (Phi) is 4.80. The van der Waals surface area contributed by atoms with Gasteiger partial charge < -0.3 is 15.4 Å². The number of ether oxygens (including phenoxy) is 1. The average Bonchev–Trinajstić information content (AvgIpc) is 2.80. The average molecular weight is 307 g/mol. The molecule has 1 heterocycles. The molecule has 5 nitrogen and oxygen atoms in total. The Morgan fingerprint density at radius 1 is 1.38 bits per heavy atom. The number of nitrogens with zero attached hydrogens (tertiary/aromatic N) is 1. The molecule has 1 amide bonds. The second kappa shape index (κ2) is 6.41. The van der Waals surface area contributed by atoms with Crippen LogP contribution in [0.25, 0.3) is 10.2 Å². The van der Waals surface area contributed by atoms with Gasteiger partial charge in [-0.15, -0.1) is 0 Å². The molecule has 114 valence electrons. The maximum Gasteiger partial charge on any atom is 0.245 e. The van der Waals surface area contributed by atoms with Crippen molar-refractivity contribution in [3.05, 3.63) is 18.2 Å². The maximum absolute atomic E-state index is 12.2. The first-order valence-corrected chi connectivity index (χ1v) is 7.87. The van der Waals surface area contributed by atoms with Crippen LogP contribution in [0.15, 0.2) is 18.2 Å². The van der Waals surface area contributed by atoms with Gasteiger partial charge in [0.2, 0.25) is 5.91 Å². The summed E-state index contributed by atoms with van der Waals surface area (Å²) < 4.78 is 6.47. The van der Waals surface area contributed by atoms with Crippen LogP contribution in [0.2, 0.25) is 0 Å². The Bertz CT molecular complexity index is 637. The topological polar surface area (TPSA) is 63.2 Å². The minimum atomic E-state index is -0.622. The quantitative estimate of drug-likeness (QED) is 0.861. The largest absolute Gasteiger partial charge is 0.494 e. The molecule has 1 aromatic carbocycles. The van der Waals surface area contributed by atoms with Crippen LogP contribution in [0, 0.1) is 0 Å². The maximum atomic E-state index is 12.2. The third-order valence-corrected chi connectivity index (χ3v) is 4.01. The molecule has 0 aliphatic rings. The number of aromatic nitrogens is 1. The fourth-order valence-corrected chi connectivity index (χ4v) is 2.88. The van der Waals surface area contributed by atoms with Crippen LogP contribution in [0.3, 0.4) is 0 Å². The molecule has 2 aromatic rings. The van der Waals surface area contributed by atoms with Crippen molar-refractivity contribution in [1.29, 1.82) is 0 Å². The van der Waals surface area contributed by atoms with Crippen LogP contribution in [0.5, 0.6) is 5.75 Å².